The van der Waals surface area contributed by atoms with E-state index in [0.717, 1.165) is 81.0 Å². The summed E-state index contributed by atoms with van der Waals surface area (Å²) in [7, 11) is 0. The highest BCUT2D eigenvalue weighted by molar-refractivity contribution is 6.00. The van der Waals surface area contributed by atoms with Crippen LogP contribution in [-0.4, -0.2) is 0 Å². The second kappa shape index (κ2) is 20.0. The van der Waals surface area contributed by atoms with Crippen LogP contribution in [0.5, 0.6) is 0 Å². The van der Waals surface area contributed by atoms with Crippen LogP contribution in [0.15, 0.2) is 285 Å². The zero-order valence-corrected chi connectivity index (χ0v) is 39.0. The quantitative estimate of drug-likeness (QED) is 0.101. The largest absolute Gasteiger partial charge is 0.310 e. The lowest BCUT2D eigenvalue weighted by atomic mass is 10.0. The third-order valence-corrected chi connectivity index (χ3v) is 12.9. The molecule has 0 aromatic heterocycles. The van der Waals surface area contributed by atoms with E-state index in [1.165, 1.54) is 27.2 Å². The van der Waals surface area contributed by atoms with Gasteiger partial charge in [0, 0.05) is 67.7 Å². The molecule has 0 bridgehead atoms. The molecule has 0 N–H and O–H groups in total. The molecule has 4 heteroatoms. The monoisotopic (exact) mass is 900 g/mol. The van der Waals surface area contributed by atoms with Crippen molar-refractivity contribution < 1.29 is 0 Å². The number of hydrogen-bond acceptors (Lipinski definition) is 4. The van der Waals surface area contributed by atoms with E-state index in [-0.39, 0.29) is 0 Å². The van der Waals surface area contributed by atoms with Gasteiger partial charge in [-0.25, -0.2) is 0 Å². The Morgan fingerprint density at radius 3 is 1.26 bits per heavy atom. The SMILES string of the molecule is C=C/C=C\c1cccc(N(c2ccccc2)c2ccc(N(c3ccc(N(C4=CCCC=C4)c4cccc5ccccc45)cc3)c3ccc(N(c4ccccc4)c4cccc5ccccc45)cc3)cc2)c1. The van der Waals surface area contributed by atoms with E-state index in [1.807, 2.05) is 12.2 Å². The van der Waals surface area contributed by atoms with Gasteiger partial charge in [0.15, 0.2) is 0 Å². The molecule has 10 aromatic carbocycles. The number of para-hydroxylation sites is 2. The van der Waals surface area contributed by atoms with Gasteiger partial charge < -0.3 is 19.6 Å². The number of hydrogen-bond donors (Lipinski definition) is 0. The molecule has 10 aromatic rings. The average Bonchev–Trinajstić information content (AvgIpc) is 3.43. The summed E-state index contributed by atoms with van der Waals surface area (Å²) in [6.07, 6.45) is 14.8. The molecule has 11 rings (SSSR count). The van der Waals surface area contributed by atoms with E-state index >= 15 is 0 Å². The van der Waals surface area contributed by atoms with Gasteiger partial charge in [-0.15, -0.1) is 0 Å². The van der Waals surface area contributed by atoms with Crippen molar-refractivity contribution in [2.45, 2.75) is 12.8 Å². The Balaban J connectivity index is 1.02. The van der Waals surface area contributed by atoms with Crippen LogP contribution in [0, 0.1) is 0 Å². The molecule has 1 aliphatic carbocycles. The fourth-order valence-corrected chi connectivity index (χ4v) is 9.67. The average molecular weight is 901 g/mol. The molecule has 0 heterocycles. The molecular weight excluding hydrogens is 849 g/mol. The first-order valence-corrected chi connectivity index (χ1v) is 24.0. The molecule has 0 aliphatic heterocycles. The van der Waals surface area contributed by atoms with Gasteiger partial charge in [-0.3, -0.25) is 0 Å². The lowest BCUT2D eigenvalue weighted by Gasteiger charge is -2.31. The van der Waals surface area contributed by atoms with Crippen LogP contribution in [0.25, 0.3) is 27.6 Å². The van der Waals surface area contributed by atoms with Crippen LogP contribution in [0.1, 0.15) is 18.4 Å². The van der Waals surface area contributed by atoms with Crippen molar-refractivity contribution in [3.05, 3.63) is 291 Å². The molecule has 0 fully saturated rings. The van der Waals surface area contributed by atoms with E-state index in [0.29, 0.717) is 0 Å². The van der Waals surface area contributed by atoms with E-state index in [2.05, 4.69) is 293 Å². The van der Waals surface area contributed by atoms with Crippen LogP contribution in [0.2, 0.25) is 0 Å². The Labute approximate surface area is 411 Å². The summed E-state index contributed by atoms with van der Waals surface area (Å²) < 4.78 is 0. The van der Waals surface area contributed by atoms with Crippen molar-refractivity contribution in [1.29, 1.82) is 0 Å². The summed E-state index contributed by atoms with van der Waals surface area (Å²) in [4.78, 5) is 9.43. The van der Waals surface area contributed by atoms with Crippen molar-refractivity contribution in [2.24, 2.45) is 0 Å². The number of anilines is 11. The van der Waals surface area contributed by atoms with Gasteiger partial charge in [0.05, 0.1) is 11.4 Å². The van der Waals surface area contributed by atoms with Gasteiger partial charge in [0.1, 0.15) is 0 Å². The summed E-state index contributed by atoms with van der Waals surface area (Å²) in [5.74, 6) is 0. The Hall–Kier alpha value is -9.12. The number of fused-ring (bicyclic) bond motifs is 2. The lowest BCUT2D eigenvalue weighted by Crippen LogP contribution is -2.17. The maximum atomic E-state index is 3.88. The summed E-state index contributed by atoms with van der Waals surface area (Å²) >= 11 is 0. The standard InChI is InChI=1S/C66H52N4/c1-2-3-20-50-21-17-32-62(49-50)68(53-26-7-4-8-27-53)59-39-37-56(38-40-59)67(57-41-45-60(46-42-57)69(54-28-9-5-10-29-54)65-35-18-24-51-22-13-15-33-63(51)65)58-43-47-61(48-44-58)70(55-30-11-6-12-31-55)66-36-19-25-52-23-14-16-34-64(52)66/h2-5,7-11,13-49H,1,6,12H2/b20-3-. The highest BCUT2D eigenvalue weighted by Crippen LogP contribution is 2.44. The normalized spacial score (nSPS) is 12.2. The molecule has 0 unspecified atom stereocenters. The molecule has 0 amide bonds. The summed E-state index contributed by atoms with van der Waals surface area (Å²) in [6.45, 7) is 3.88. The smallest absolute Gasteiger partial charge is 0.0540 e. The summed E-state index contributed by atoms with van der Waals surface area (Å²) in [5, 5.41) is 4.83. The zero-order chi connectivity index (χ0) is 47.1. The first-order chi connectivity index (χ1) is 34.7. The Kier molecular flexibility index (Phi) is 12.4. The van der Waals surface area contributed by atoms with Gasteiger partial charge in [-0.1, -0.05) is 158 Å². The number of allylic oxidation sites excluding steroid dienone is 5. The Morgan fingerprint density at radius 2 is 0.743 bits per heavy atom. The van der Waals surface area contributed by atoms with E-state index in [1.54, 1.807) is 0 Å². The van der Waals surface area contributed by atoms with Gasteiger partial charge in [0.2, 0.25) is 0 Å². The second-order valence-corrected chi connectivity index (χ2v) is 17.4. The van der Waals surface area contributed by atoms with Crippen molar-refractivity contribution in [3.8, 4) is 0 Å². The highest BCUT2D eigenvalue weighted by atomic mass is 15.2. The van der Waals surface area contributed by atoms with Crippen LogP contribution in [0.3, 0.4) is 0 Å². The van der Waals surface area contributed by atoms with Crippen LogP contribution in [0.4, 0.5) is 62.6 Å². The predicted octanol–water partition coefficient (Wildman–Crippen LogP) is 19.0. The van der Waals surface area contributed by atoms with Gasteiger partial charge in [0.25, 0.3) is 0 Å². The van der Waals surface area contributed by atoms with Gasteiger partial charge in [-0.05, 0) is 157 Å². The maximum Gasteiger partial charge on any atom is 0.0540 e. The molecule has 0 atom stereocenters. The van der Waals surface area contributed by atoms with Crippen molar-refractivity contribution in [3.63, 3.8) is 0 Å². The summed E-state index contributed by atoms with van der Waals surface area (Å²) in [6, 6.07) is 87.2. The minimum absolute atomic E-state index is 1.01. The van der Waals surface area contributed by atoms with Crippen LogP contribution < -0.4 is 19.6 Å². The zero-order valence-electron chi connectivity index (χ0n) is 39.0. The van der Waals surface area contributed by atoms with Crippen molar-refractivity contribution in [2.75, 3.05) is 19.6 Å². The molecule has 0 radical (unpaired) electrons. The van der Waals surface area contributed by atoms with E-state index in [4.69, 9.17) is 0 Å². The molecular formula is C66H52N4. The molecule has 1 aliphatic rings. The lowest BCUT2D eigenvalue weighted by molar-refractivity contribution is 0.998. The fraction of sp³-hybridized carbons (Fsp3) is 0.0303. The predicted molar refractivity (Wildman–Crippen MR) is 300 cm³/mol. The first kappa shape index (κ1) is 43.5. The summed E-state index contributed by atoms with van der Waals surface area (Å²) in [5.41, 5.74) is 14.2. The minimum atomic E-state index is 1.01. The Bertz CT molecular complexity index is 3490. The van der Waals surface area contributed by atoms with E-state index in [9.17, 15) is 0 Å². The number of rotatable bonds is 14. The van der Waals surface area contributed by atoms with Gasteiger partial charge in [-0.2, -0.15) is 0 Å². The second-order valence-electron chi connectivity index (χ2n) is 17.4. The minimum Gasteiger partial charge on any atom is -0.310 e. The third kappa shape index (κ3) is 8.90. The van der Waals surface area contributed by atoms with Crippen LogP contribution >= 0.6 is 0 Å². The van der Waals surface area contributed by atoms with Crippen LogP contribution in [-0.2, 0) is 0 Å². The van der Waals surface area contributed by atoms with Crippen molar-refractivity contribution >= 4 is 90.2 Å². The fourth-order valence-electron chi connectivity index (χ4n) is 9.67. The highest BCUT2D eigenvalue weighted by Gasteiger charge is 2.21. The van der Waals surface area contributed by atoms with Gasteiger partial charge >= 0.3 is 0 Å². The van der Waals surface area contributed by atoms with E-state index < -0.39 is 0 Å². The third-order valence-electron chi connectivity index (χ3n) is 12.9. The number of benzene rings is 10. The first-order valence-electron chi connectivity index (χ1n) is 24.0. The molecule has 0 spiro atoms. The molecule has 4 nitrogen and oxygen atoms in total. The molecule has 0 saturated heterocycles. The molecule has 70 heavy (non-hydrogen) atoms. The topological polar surface area (TPSA) is 13.0 Å². The Morgan fingerprint density at radius 1 is 0.343 bits per heavy atom. The maximum absolute atomic E-state index is 3.88. The molecule has 0 saturated carbocycles. The number of nitrogens with zero attached hydrogens (tertiary/aromatic N) is 4. The molecule has 336 valence electrons. The van der Waals surface area contributed by atoms with Crippen molar-refractivity contribution in [1.82, 2.24) is 0 Å².